The Bertz CT molecular complexity index is 2070. The van der Waals surface area contributed by atoms with Crippen LogP contribution in [0.4, 0.5) is 11.4 Å². The molecule has 16 heteroatoms. The van der Waals surface area contributed by atoms with Crippen LogP contribution >= 0.6 is 11.6 Å². The minimum atomic E-state index is -4.17. The molecule has 52 heavy (non-hydrogen) atoms. The highest BCUT2D eigenvalue weighted by Gasteiger charge is 2.35. The summed E-state index contributed by atoms with van der Waals surface area (Å²) < 4.78 is 31.0. The maximum Gasteiger partial charge on any atom is 0.332 e. The van der Waals surface area contributed by atoms with Crippen LogP contribution in [0.1, 0.15) is 50.4 Å². The molecule has 1 heterocycles. The number of nitro groups is 1. The van der Waals surface area contributed by atoms with Crippen molar-refractivity contribution in [3.8, 4) is 5.88 Å². The first-order valence-corrected chi connectivity index (χ1v) is 18.5. The maximum atomic E-state index is 14.1. The number of aromatic nitrogens is 2. The molecule has 1 amide bonds. The molecule has 280 valence electrons. The number of nitrogens with two attached hydrogens (primary N) is 1. The lowest BCUT2D eigenvalue weighted by atomic mass is 9.98. The van der Waals surface area contributed by atoms with Crippen molar-refractivity contribution in [3.63, 3.8) is 0 Å². The Hall–Kier alpha value is -4.70. The largest absolute Gasteiger partial charge is 0.493 e. The zero-order chi connectivity index (χ0) is 38.5. The minimum absolute atomic E-state index is 0.0546. The highest BCUT2D eigenvalue weighted by molar-refractivity contribution is 7.89. The van der Waals surface area contributed by atoms with Crippen molar-refractivity contribution in [2.45, 2.75) is 70.7 Å². The molecule has 0 aliphatic heterocycles. The number of sulfonamides is 1. The number of imidazole rings is 1. The van der Waals surface area contributed by atoms with Gasteiger partial charge in [-0.25, -0.2) is 13.2 Å². The average molecular weight is 757 g/mol. The van der Waals surface area contributed by atoms with Gasteiger partial charge in [-0.2, -0.15) is 4.31 Å². The summed E-state index contributed by atoms with van der Waals surface area (Å²) in [6, 6.07) is 15.2. The van der Waals surface area contributed by atoms with E-state index in [1.165, 1.54) is 30.3 Å². The summed E-state index contributed by atoms with van der Waals surface area (Å²) in [4.78, 5) is 38.5. The molecule has 0 radical (unpaired) electrons. The number of carbonyl (C=O) groups excluding carboxylic acids is 1. The van der Waals surface area contributed by atoms with Crippen LogP contribution < -0.4 is 16.7 Å². The normalized spacial score (nSPS) is 13.7. The SMILES string of the molecule is Cc1cc(Cn2c(O)cn([C@H](C(=O)N[C@@H](Cc3ccccc3)[C@H](O)CN(CC(C)C)S(=O)(=O)c3ccc(Cl)c(N)c3)C(C)C)c2=O)ccc1[N+](=O)[O-]. The smallest absolute Gasteiger partial charge is 0.332 e. The number of halogens is 1. The Kier molecular flexibility index (Phi) is 12.9. The van der Waals surface area contributed by atoms with Gasteiger partial charge in [0.1, 0.15) is 6.04 Å². The third-order valence-corrected chi connectivity index (χ3v) is 10.8. The number of hydrogen-bond donors (Lipinski definition) is 4. The lowest BCUT2D eigenvalue weighted by molar-refractivity contribution is -0.385. The molecule has 0 aliphatic rings. The number of benzene rings is 3. The summed E-state index contributed by atoms with van der Waals surface area (Å²) in [5, 5.41) is 36.9. The molecular weight excluding hydrogens is 712 g/mol. The summed E-state index contributed by atoms with van der Waals surface area (Å²) in [6.07, 6.45) is -0.125. The number of amides is 1. The van der Waals surface area contributed by atoms with Gasteiger partial charge < -0.3 is 21.3 Å². The number of anilines is 1. The topological polar surface area (TPSA) is 203 Å². The summed E-state index contributed by atoms with van der Waals surface area (Å²) in [5.74, 6) is -1.66. The molecule has 14 nitrogen and oxygen atoms in total. The van der Waals surface area contributed by atoms with Gasteiger partial charge in [-0.3, -0.25) is 24.0 Å². The first-order valence-electron chi connectivity index (χ1n) is 16.7. The summed E-state index contributed by atoms with van der Waals surface area (Å²) in [5.41, 5.74) is 6.89. The van der Waals surface area contributed by atoms with Crippen LogP contribution in [0.25, 0.3) is 0 Å². The Morgan fingerprint density at radius 2 is 1.71 bits per heavy atom. The third-order valence-electron chi connectivity index (χ3n) is 8.64. The second-order valence-corrected chi connectivity index (χ2v) is 15.9. The van der Waals surface area contributed by atoms with Crippen molar-refractivity contribution in [1.29, 1.82) is 0 Å². The molecule has 0 aliphatic carbocycles. The molecule has 0 spiro atoms. The zero-order valence-corrected chi connectivity index (χ0v) is 31.2. The van der Waals surface area contributed by atoms with E-state index in [9.17, 15) is 38.3 Å². The van der Waals surface area contributed by atoms with Crippen LogP contribution in [0.15, 0.2) is 82.6 Å². The first-order chi connectivity index (χ1) is 24.4. The van der Waals surface area contributed by atoms with E-state index in [2.05, 4.69) is 5.32 Å². The molecule has 1 aromatic heterocycles. The van der Waals surface area contributed by atoms with Crippen LogP contribution in [0, 0.1) is 28.9 Å². The van der Waals surface area contributed by atoms with Gasteiger partial charge in [0.05, 0.1) is 45.4 Å². The van der Waals surface area contributed by atoms with Crippen molar-refractivity contribution in [3.05, 3.63) is 115 Å². The van der Waals surface area contributed by atoms with E-state index in [-0.39, 0.29) is 53.3 Å². The molecule has 4 rings (SSSR count). The van der Waals surface area contributed by atoms with Crippen molar-refractivity contribution in [2.75, 3.05) is 18.8 Å². The number of hydrogen-bond acceptors (Lipinski definition) is 9. The number of aromatic hydroxyl groups is 1. The fraction of sp³-hybridized carbons (Fsp3) is 0.389. The van der Waals surface area contributed by atoms with Crippen LogP contribution in [0.5, 0.6) is 5.88 Å². The maximum absolute atomic E-state index is 14.1. The lowest BCUT2D eigenvalue weighted by Crippen LogP contribution is -2.53. The molecule has 3 aromatic carbocycles. The van der Waals surface area contributed by atoms with E-state index < -0.39 is 56.5 Å². The molecule has 0 saturated carbocycles. The molecule has 0 bridgehead atoms. The minimum Gasteiger partial charge on any atom is -0.493 e. The molecular formula is C36H45ClN6O8S. The Labute approximate surface area is 307 Å². The number of nitro benzene ring substituents is 1. The number of carbonyl (C=O) groups is 1. The highest BCUT2D eigenvalue weighted by atomic mass is 35.5. The predicted octanol–water partition coefficient (Wildman–Crippen LogP) is 4.49. The number of nitrogens with one attached hydrogen (secondary N) is 1. The summed E-state index contributed by atoms with van der Waals surface area (Å²) >= 11 is 6.04. The van der Waals surface area contributed by atoms with Gasteiger partial charge in [0, 0.05) is 24.7 Å². The van der Waals surface area contributed by atoms with Gasteiger partial charge in [0.2, 0.25) is 21.8 Å². The molecule has 4 aromatic rings. The monoisotopic (exact) mass is 756 g/mol. The highest BCUT2D eigenvalue weighted by Crippen LogP contribution is 2.27. The van der Waals surface area contributed by atoms with Crippen molar-refractivity contribution >= 4 is 38.9 Å². The molecule has 5 N–H and O–H groups in total. The van der Waals surface area contributed by atoms with E-state index in [1.807, 2.05) is 32.0 Å². The van der Waals surface area contributed by atoms with Crippen molar-refractivity contribution in [2.24, 2.45) is 11.8 Å². The number of rotatable bonds is 16. The molecule has 0 unspecified atom stereocenters. The zero-order valence-electron chi connectivity index (χ0n) is 29.6. The quantitative estimate of drug-likeness (QED) is 0.0722. The third kappa shape index (κ3) is 9.39. The Morgan fingerprint density at radius 3 is 2.29 bits per heavy atom. The van der Waals surface area contributed by atoms with Gasteiger partial charge in [-0.15, -0.1) is 0 Å². The van der Waals surface area contributed by atoms with Gasteiger partial charge >= 0.3 is 5.69 Å². The van der Waals surface area contributed by atoms with Crippen LogP contribution in [-0.4, -0.2) is 68.1 Å². The Balaban J connectivity index is 1.66. The van der Waals surface area contributed by atoms with Crippen molar-refractivity contribution < 1.29 is 28.3 Å². The number of aryl methyl sites for hydroxylation is 1. The van der Waals surface area contributed by atoms with E-state index in [0.717, 1.165) is 25.2 Å². The fourth-order valence-corrected chi connectivity index (χ4v) is 7.83. The summed E-state index contributed by atoms with van der Waals surface area (Å²) in [6.45, 7) is 8.26. The van der Waals surface area contributed by atoms with Crippen LogP contribution in [0.2, 0.25) is 5.02 Å². The van der Waals surface area contributed by atoms with Gasteiger partial charge in [-0.1, -0.05) is 75.7 Å². The molecule has 0 fully saturated rings. The molecule has 0 saturated heterocycles. The lowest BCUT2D eigenvalue weighted by Gasteiger charge is -2.32. The second kappa shape index (κ2) is 16.8. The average Bonchev–Trinajstić information content (AvgIpc) is 3.33. The van der Waals surface area contributed by atoms with Crippen LogP contribution in [0.3, 0.4) is 0 Å². The van der Waals surface area contributed by atoms with E-state index in [0.29, 0.717) is 11.1 Å². The fourth-order valence-electron chi connectivity index (χ4n) is 6.05. The van der Waals surface area contributed by atoms with E-state index in [4.69, 9.17) is 17.3 Å². The van der Waals surface area contributed by atoms with Gasteiger partial charge in [0.25, 0.3) is 5.69 Å². The second-order valence-electron chi connectivity index (χ2n) is 13.6. The number of nitrogens with zero attached hydrogens (tertiary/aromatic N) is 4. The number of aliphatic hydroxyl groups is 1. The van der Waals surface area contributed by atoms with Gasteiger partial charge in [-0.05, 0) is 60.6 Å². The van der Waals surface area contributed by atoms with Crippen LogP contribution in [-0.2, 0) is 27.8 Å². The predicted molar refractivity (Wildman–Crippen MR) is 199 cm³/mol. The van der Waals surface area contributed by atoms with E-state index in [1.54, 1.807) is 39.0 Å². The van der Waals surface area contributed by atoms with E-state index >= 15 is 0 Å². The number of aliphatic hydroxyl groups excluding tert-OH is 1. The first kappa shape index (κ1) is 40.1. The standard InChI is InChI=1S/C36H45ClN6O8S/c1-22(2)18-40(52(50,51)27-12-13-28(37)29(38)17-27)20-32(44)30(16-25-9-7-6-8-10-25)39-35(46)34(23(3)4)42-21-33(45)41(36(42)47)19-26-11-14-31(43(48)49)24(5)15-26/h6-15,17,21-23,30,32,34,44-45H,16,18-20,38H2,1-5H3,(H,39,46)/t30-,32+,34-/m0/s1. The van der Waals surface area contributed by atoms with Crippen molar-refractivity contribution in [1.82, 2.24) is 18.8 Å². The van der Waals surface area contributed by atoms with Gasteiger partial charge in [0.15, 0.2) is 0 Å². The summed E-state index contributed by atoms with van der Waals surface area (Å²) in [7, 11) is -4.17. The number of nitrogen functional groups attached to an aromatic ring is 1. The Morgan fingerprint density at radius 1 is 1.04 bits per heavy atom. The molecule has 3 atom stereocenters.